The van der Waals surface area contributed by atoms with Crippen LogP contribution in [0, 0.1) is 5.92 Å². The number of carbonyl (C=O) groups excluding carboxylic acids is 3. The van der Waals surface area contributed by atoms with Crippen LogP contribution in [0.15, 0.2) is 66.7 Å². The Balaban J connectivity index is 1.50. The molecule has 0 saturated carbocycles. The molecule has 9 heteroatoms. The molecule has 1 aliphatic heterocycles. The van der Waals surface area contributed by atoms with Gasteiger partial charge in [-0.25, -0.2) is 0 Å². The molecule has 1 aliphatic rings. The van der Waals surface area contributed by atoms with E-state index < -0.39 is 5.92 Å². The van der Waals surface area contributed by atoms with Crippen molar-refractivity contribution in [3.63, 3.8) is 0 Å². The number of nitrogens with zero attached hydrogens (tertiary/aromatic N) is 1. The molecule has 0 spiro atoms. The van der Waals surface area contributed by atoms with Gasteiger partial charge >= 0.3 is 0 Å². The fraction of sp³-hybridized carbons (Fsp3) is 0.192. The molecule has 3 amide bonds. The molecule has 35 heavy (non-hydrogen) atoms. The van der Waals surface area contributed by atoms with Gasteiger partial charge in [0.05, 0.1) is 31.5 Å². The molecule has 1 heterocycles. The van der Waals surface area contributed by atoms with Gasteiger partial charge in [-0.3, -0.25) is 14.4 Å². The van der Waals surface area contributed by atoms with Gasteiger partial charge < -0.3 is 25.0 Å². The van der Waals surface area contributed by atoms with E-state index in [2.05, 4.69) is 10.6 Å². The van der Waals surface area contributed by atoms with Gasteiger partial charge in [-0.15, -0.1) is 0 Å². The van der Waals surface area contributed by atoms with E-state index in [9.17, 15) is 14.4 Å². The number of hydrogen-bond acceptors (Lipinski definition) is 5. The first-order valence-electron chi connectivity index (χ1n) is 10.9. The molecule has 1 saturated heterocycles. The molecule has 0 aromatic heterocycles. The molecule has 0 aliphatic carbocycles. The molecule has 3 aromatic carbocycles. The predicted molar refractivity (Wildman–Crippen MR) is 134 cm³/mol. The minimum absolute atomic E-state index is 0.0825. The van der Waals surface area contributed by atoms with Crippen molar-refractivity contribution in [1.29, 1.82) is 0 Å². The van der Waals surface area contributed by atoms with Crippen molar-refractivity contribution >= 4 is 46.4 Å². The summed E-state index contributed by atoms with van der Waals surface area (Å²) >= 11 is 5.93. The molecule has 0 radical (unpaired) electrons. The second-order valence-electron chi connectivity index (χ2n) is 7.94. The maximum atomic E-state index is 13.0. The molecule has 1 fully saturated rings. The van der Waals surface area contributed by atoms with Gasteiger partial charge in [0.1, 0.15) is 11.5 Å². The maximum Gasteiger partial charge on any atom is 0.255 e. The molecular formula is C26H24ClN3O5. The third-order valence-corrected chi connectivity index (χ3v) is 5.95. The van der Waals surface area contributed by atoms with Gasteiger partial charge in [-0.05, 0) is 36.4 Å². The average Bonchev–Trinajstić information content (AvgIpc) is 3.27. The van der Waals surface area contributed by atoms with Crippen LogP contribution >= 0.6 is 11.6 Å². The molecule has 0 unspecified atom stereocenters. The van der Waals surface area contributed by atoms with Crippen molar-refractivity contribution in [2.24, 2.45) is 5.92 Å². The number of ether oxygens (including phenoxy) is 2. The number of carbonyl (C=O) groups is 3. The van der Waals surface area contributed by atoms with Crippen LogP contribution in [0.2, 0.25) is 5.02 Å². The molecule has 3 aromatic rings. The Hall–Kier alpha value is -4.04. The van der Waals surface area contributed by atoms with E-state index in [4.69, 9.17) is 21.1 Å². The van der Waals surface area contributed by atoms with Crippen LogP contribution in [0.1, 0.15) is 16.8 Å². The lowest BCUT2D eigenvalue weighted by atomic mass is 10.1. The van der Waals surface area contributed by atoms with Gasteiger partial charge in [-0.1, -0.05) is 29.8 Å². The Bertz CT molecular complexity index is 1250. The zero-order valence-electron chi connectivity index (χ0n) is 19.2. The Morgan fingerprint density at radius 1 is 0.914 bits per heavy atom. The predicted octanol–water partition coefficient (Wildman–Crippen LogP) is 4.60. The smallest absolute Gasteiger partial charge is 0.255 e. The minimum atomic E-state index is -0.550. The lowest BCUT2D eigenvalue weighted by molar-refractivity contribution is -0.122. The number of benzene rings is 3. The molecule has 8 nitrogen and oxygen atoms in total. The summed E-state index contributed by atoms with van der Waals surface area (Å²) < 4.78 is 10.9. The zero-order valence-corrected chi connectivity index (χ0v) is 20.0. The Labute approximate surface area is 207 Å². The third-order valence-electron chi connectivity index (χ3n) is 5.70. The van der Waals surface area contributed by atoms with E-state index in [1.807, 2.05) is 6.07 Å². The van der Waals surface area contributed by atoms with E-state index in [0.29, 0.717) is 39.1 Å². The van der Waals surface area contributed by atoms with Crippen LogP contribution in [-0.2, 0) is 9.59 Å². The molecule has 0 bridgehead atoms. The first kappa shape index (κ1) is 24.1. The van der Waals surface area contributed by atoms with Crippen molar-refractivity contribution in [3.8, 4) is 11.5 Å². The summed E-state index contributed by atoms with van der Waals surface area (Å²) in [5.41, 5.74) is 1.93. The number of anilines is 3. The average molecular weight is 494 g/mol. The highest BCUT2D eigenvalue weighted by atomic mass is 35.5. The first-order valence-corrected chi connectivity index (χ1v) is 11.3. The highest BCUT2D eigenvalue weighted by Gasteiger charge is 2.35. The van der Waals surface area contributed by atoms with E-state index in [1.165, 1.54) is 14.2 Å². The highest BCUT2D eigenvalue weighted by molar-refractivity contribution is 6.30. The Kier molecular flexibility index (Phi) is 7.22. The molecule has 4 rings (SSSR count). The number of nitrogens with one attached hydrogen (secondary N) is 2. The van der Waals surface area contributed by atoms with Crippen LogP contribution in [0.4, 0.5) is 17.1 Å². The standard InChI is InChI=1S/C26H24ClN3O5/c1-34-22-14-21(23(35-2)13-20(22)28-25(32)16-6-4-3-5-7-16)29-26(33)17-12-24(31)30(15-17)19-10-8-18(27)9-11-19/h3-11,13-14,17H,12,15H2,1-2H3,(H,28,32)(H,29,33)/t17-/m1/s1. The zero-order chi connectivity index (χ0) is 24.9. The van der Waals surface area contributed by atoms with Crippen molar-refractivity contribution in [2.45, 2.75) is 6.42 Å². The van der Waals surface area contributed by atoms with E-state index in [0.717, 1.165) is 0 Å². The summed E-state index contributed by atoms with van der Waals surface area (Å²) in [6, 6.07) is 18.8. The van der Waals surface area contributed by atoms with Gasteiger partial charge in [0.2, 0.25) is 11.8 Å². The number of halogens is 1. The number of rotatable bonds is 7. The number of hydrogen-bond donors (Lipinski definition) is 2. The topological polar surface area (TPSA) is 97.0 Å². The summed E-state index contributed by atoms with van der Waals surface area (Å²) in [4.78, 5) is 39.7. The van der Waals surface area contributed by atoms with Crippen molar-refractivity contribution in [3.05, 3.63) is 77.3 Å². The quantitative estimate of drug-likeness (QED) is 0.501. The third kappa shape index (κ3) is 5.38. The van der Waals surface area contributed by atoms with Crippen LogP contribution in [-0.4, -0.2) is 38.5 Å². The fourth-order valence-electron chi connectivity index (χ4n) is 3.87. The van der Waals surface area contributed by atoms with Crippen LogP contribution in [0.5, 0.6) is 11.5 Å². The van der Waals surface area contributed by atoms with Crippen LogP contribution in [0.25, 0.3) is 0 Å². The van der Waals surface area contributed by atoms with E-state index >= 15 is 0 Å². The molecule has 180 valence electrons. The van der Waals surface area contributed by atoms with Gasteiger partial charge in [0.15, 0.2) is 0 Å². The minimum Gasteiger partial charge on any atom is -0.494 e. The van der Waals surface area contributed by atoms with Crippen LogP contribution < -0.4 is 25.0 Å². The highest BCUT2D eigenvalue weighted by Crippen LogP contribution is 2.37. The summed E-state index contributed by atoms with van der Waals surface area (Å²) in [7, 11) is 2.92. The van der Waals surface area contributed by atoms with Crippen LogP contribution in [0.3, 0.4) is 0 Å². The summed E-state index contributed by atoms with van der Waals surface area (Å²) in [5.74, 6) is -0.648. The van der Waals surface area contributed by atoms with Crippen molar-refractivity contribution in [2.75, 3.05) is 36.3 Å². The second-order valence-corrected chi connectivity index (χ2v) is 8.38. The van der Waals surface area contributed by atoms with Gasteiger partial charge in [0.25, 0.3) is 5.91 Å². The normalized spacial score (nSPS) is 15.0. The summed E-state index contributed by atoms with van der Waals surface area (Å²) in [6.45, 7) is 0.247. The number of amides is 3. The maximum absolute atomic E-state index is 13.0. The molecular weight excluding hydrogens is 470 g/mol. The second kappa shape index (κ2) is 10.5. The van der Waals surface area contributed by atoms with Gasteiger partial charge in [-0.2, -0.15) is 0 Å². The number of methoxy groups -OCH3 is 2. The Morgan fingerprint density at radius 3 is 2.11 bits per heavy atom. The van der Waals surface area contributed by atoms with Gasteiger partial charge in [0, 0.05) is 41.4 Å². The van der Waals surface area contributed by atoms with Crippen molar-refractivity contribution in [1.82, 2.24) is 0 Å². The first-order chi connectivity index (χ1) is 16.9. The lowest BCUT2D eigenvalue weighted by Gasteiger charge is -2.18. The Morgan fingerprint density at radius 2 is 1.51 bits per heavy atom. The molecule has 1 atom stereocenters. The molecule has 2 N–H and O–H groups in total. The summed E-state index contributed by atoms with van der Waals surface area (Å²) in [6.07, 6.45) is 0.0825. The summed E-state index contributed by atoms with van der Waals surface area (Å²) in [5, 5.41) is 6.21. The fourth-order valence-corrected chi connectivity index (χ4v) is 3.99. The SMILES string of the molecule is COc1cc(NC(=O)[C@@H]2CC(=O)N(c3ccc(Cl)cc3)C2)c(OC)cc1NC(=O)c1ccccc1. The van der Waals surface area contributed by atoms with Crippen molar-refractivity contribution < 1.29 is 23.9 Å². The lowest BCUT2D eigenvalue weighted by Crippen LogP contribution is -2.28. The largest absolute Gasteiger partial charge is 0.494 e. The van der Waals surface area contributed by atoms with E-state index in [1.54, 1.807) is 65.6 Å². The monoisotopic (exact) mass is 493 g/mol. The van der Waals surface area contributed by atoms with E-state index in [-0.39, 0.29) is 30.7 Å².